The first-order valence-electron chi connectivity index (χ1n) is 11.9. The molecule has 0 spiro atoms. The van der Waals surface area contributed by atoms with Gasteiger partial charge in [0, 0.05) is 44.1 Å². The van der Waals surface area contributed by atoms with Crippen molar-refractivity contribution >= 4 is 23.4 Å². The van der Waals surface area contributed by atoms with Crippen LogP contribution in [0.15, 0.2) is 78.9 Å². The summed E-state index contributed by atoms with van der Waals surface area (Å²) in [6, 6.07) is 26.3. The number of carbonyl (C=O) groups excluding carboxylic acids is 1. The Morgan fingerprint density at radius 2 is 1.44 bits per heavy atom. The highest BCUT2D eigenvalue weighted by atomic mass is 16.4. The normalized spacial score (nSPS) is 16.1. The van der Waals surface area contributed by atoms with Crippen LogP contribution in [0.1, 0.15) is 19.4 Å². The number of nitrogens with zero attached hydrogens (tertiary/aromatic N) is 3. The van der Waals surface area contributed by atoms with E-state index in [0.29, 0.717) is 26.2 Å². The number of benzene rings is 3. The van der Waals surface area contributed by atoms with E-state index < -0.39 is 5.97 Å². The number of rotatable bonds is 6. The summed E-state index contributed by atoms with van der Waals surface area (Å²) in [4.78, 5) is 29.9. The van der Waals surface area contributed by atoms with Gasteiger partial charge in [0.15, 0.2) is 0 Å². The van der Waals surface area contributed by atoms with Crippen molar-refractivity contribution in [2.24, 2.45) is 5.92 Å². The Morgan fingerprint density at radius 1 is 0.824 bits per heavy atom. The number of carbonyl (C=O) groups is 2. The molecule has 2 amide bonds. The maximum Gasteiger partial charge on any atom is 0.329 e. The van der Waals surface area contributed by atoms with Gasteiger partial charge in [-0.05, 0) is 41.0 Å². The first kappa shape index (κ1) is 23.5. The van der Waals surface area contributed by atoms with E-state index in [1.54, 1.807) is 0 Å². The third-order valence-corrected chi connectivity index (χ3v) is 6.23. The molecule has 0 saturated carbocycles. The molecule has 3 aromatic rings. The molecule has 2 aliphatic rings. The monoisotopic (exact) mass is 457 g/mol. The number of anilines is 2. The third kappa shape index (κ3) is 4.97. The summed E-state index contributed by atoms with van der Waals surface area (Å²) < 4.78 is 0. The highest BCUT2D eigenvalue weighted by molar-refractivity contribution is 6.06. The molecule has 0 atom stereocenters. The van der Waals surface area contributed by atoms with E-state index in [-0.39, 0.29) is 11.9 Å². The topological polar surface area (TPSA) is 64.1 Å². The first-order valence-corrected chi connectivity index (χ1v) is 11.9. The summed E-state index contributed by atoms with van der Waals surface area (Å²) in [6.45, 7) is 7.21. The molecule has 2 heterocycles. The van der Waals surface area contributed by atoms with Crippen molar-refractivity contribution in [2.45, 2.75) is 20.4 Å². The fraction of sp³-hybridized carbons (Fsp3) is 0.286. The van der Waals surface area contributed by atoms with Crippen LogP contribution < -0.4 is 9.80 Å². The number of hydrogen-bond acceptors (Lipinski definition) is 3. The molecule has 0 unspecified atom stereocenters. The molecule has 2 aliphatic heterocycles. The molecule has 176 valence electrons. The summed E-state index contributed by atoms with van der Waals surface area (Å²) in [5, 5.41) is 9.01. The fourth-order valence-corrected chi connectivity index (χ4v) is 4.39. The van der Waals surface area contributed by atoms with Crippen molar-refractivity contribution in [3.8, 4) is 11.1 Å². The second kappa shape index (κ2) is 10.5. The van der Waals surface area contributed by atoms with E-state index in [4.69, 9.17) is 5.11 Å². The van der Waals surface area contributed by atoms with Gasteiger partial charge >= 0.3 is 12.0 Å². The van der Waals surface area contributed by atoms with Gasteiger partial charge in [-0.15, -0.1) is 0 Å². The van der Waals surface area contributed by atoms with Crippen LogP contribution in [0.2, 0.25) is 0 Å². The van der Waals surface area contributed by atoms with Crippen LogP contribution in [-0.2, 0) is 11.3 Å². The number of aliphatic carboxylic acids is 1. The standard InChI is InChI=1S/C26H25N3O3.C2H6/c30-25(31)22-17-27(18-22)16-19-9-11-23(12-10-19)28-13-14-29(26(28)32)24-8-4-7-21(15-24)20-5-2-1-3-6-20;1-2/h1-12,15,22H,13-14,16-18H2,(H,30,31);1-2H3. The molecule has 2 fully saturated rings. The maximum absolute atomic E-state index is 13.2. The summed E-state index contributed by atoms with van der Waals surface area (Å²) in [5.41, 5.74) is 5.13. The molecule has 0 bridgehead atoms. The van der Waals surface area contributed by atoms with E-state index in [0.717, 1.165) is 34.6 Å². The number of likely N-dealkylation sites (tertiary alicyclic amines) is 1. The van der Waals surface area contributed by atoms with Gasteiger partial charge in [0.05, 0.1) is 5.92 Å². The summed E-state index contributed by atoms with van der Waals surface area (Å²) in [7, 11) is 0. The Balaban J connectivity index is 0.00000133. The Hall–Kier alpha value is -3.64. The van der Waals surface area contributed by atoms with Crippen molar-refractivity contribution in [1.29, 1.82) is 0 Å². The van der Waals surface area contributed by atoms with Crippen molar-refractivity contribution in [1.82, 2.24) is 4.90 Å². The number of carboxylic acids is 1. The van der Waals surface area contributed by atoms with E-state index in [2.05, 4.69) is 29.2 Å². The van der Waals surface area contributed by atoms with Gasteiger partial charge in [-0.3, -0.25) is 19.5 Å². The minimum atomic E-state index is -0.719. The lowest BCUT2D eigenvalue weighted by Crippen LogP contribution is -2.49. The molecular weight excluding hydrogens is 426 g/mol. The fourth-order valence-electron chi connectivity index (χ4n) is 4.39. The third-order valence-electron chi connectivity index (χ3n) is 6.23. The highest BCUT2D eigenvalue weighted by Crippen LogP contribution is 2.29. The SMILES string of the molecule is CC.O=C(O)C1CN(Cc2ccc(N3CCN(c4cccc(-c5ccccc5)c4)C3=O)cc2)C1. The van der Waals surface area contributed by atoms with Gasteiger partial charge in [-0.25, -0.2) is 4.79 Å². The summed E-state index contributed by atoms with van der Waals surface area (Å²) in [6.07, 6.45) is 0. The molecule has 1 N–H and O–H groups in total. The minimum absolute atomic E-state index is 0.0185. The Labute approximate surface area is 201 Å². The lowest BCUT2D eigenvalue weighted by Gasteiger charge is -2.36. The second-order valence-electron chi connectivity index (χ2n) is 8.40. The summed E-state index contributed by atoms with van der Waals surface area (Å²) in [5.74, 6) is -0.967. The first-order chi connectivity index (χ1) is 16.6. The van der Waals surface area contributed by atoms with Crippen molar-refractivity contribution < 1.29 is 14.7 Å². The minimum Gasteiger partial charge on any atom is -0.481 e. The van der Waals surface area contributed by atoms with Gasteiger partial charge in [0.1, 0.15) is 0 Å². The van der Waals surface area contributed by atoms with Gasteiger partial charge in [-0.2, -0.15) is 0 Å². The number of carboxylic acid groups (broad SMARTS) is 1. The average molecular weight is 458 g/mol. The Bertz CT molecular complexity index is 1130. The molecule has 0 aromatic heterocycles. The lowest BCUT2D eigenvalue weighted by molar-refractivity contribution is -0.147. The van der Waals surface area contributed by atoms with Gasteiger partial charge in [0.25, 0.3) is 0 Å². The molecular formula is C28H31N3O3. The molecule has 2 saturated heterocycles. The lowest BCUT2D eigenvalue weighted by atomic mass is 9.99. The zero-order chi connectivity index (χ0) is 24.1. The van der Waals surface area contributed by atoms with Crippen LogP contribution in [0.5, 0.6) is 0 Å². The smallest absolute Gasteiger partial charge is 0.329 e. The van der Waals surface area contributed by atoms with Crippen molar-refractivity contribution in [3.05, 3.63) is 84.4 Å². The average Bonchev–Trinajstić information content (AvgIpc) is 3.24. The van der Waals surface area contributed by atoms with E-state index in [9.17, 15) is 9.59 Å². The van der Waals surface area contributed by atoms with Gasteiger partial charge < -0.3 is 5.11 Å². The quantitative estimate of drug-likeness (QED) is 0.543. The van der Waals surface area contributed by atoms with E-state index in [1.165, 1.54) is 0 Å². The molecule has 0 radical (unpaired) electrons. The van der Waals surface area contributed by atoms with Crippen molar-refractivity contribution in [2.75, 3.05) is 36.0 Å². The zero-order valence-corrected chi connectivity index (χ0v) is 19.7. The molecule has 3 aromatic carbocycles. The number of urea groups is 1. The largest absolute Gasteiger partial charge is 0.481 e. The van der Waals surface area contributed by atoms with Crippen LogP contribution in [-0.4, -0.2) is 48.2 Å². The molecule has 0 aliphatic carbocycles. The van der Waals surface area contributed by atoms with E-state index in [1.807, 2.05) is 78.2 Å². The molecule has 6 heteroatoms. The van der Waals surface area contributed by atoms with E-state index >= 15 is 0 Å². The zero-order valence-electron chi connectivity index (χ0n) is 19.7. The van der Waals surface area contributed by atoms with Crippen LogP contribution >= 0.6 is 0 Å². The second-order valence-corrected chi connectivity index (χ2v) is 8.40. The predicted molar refractivity (Wildman–Crippen MR) is 136 cm³/mol. The summed E-state index contributed by atoms with van der Waals surface area (Å²) >= 11 is 0. The highest BCUT2D eigenvalue weighted by Gasteiger charge is 2.33. The van der Waals surface area contributed by atoms with Crippen LogP contribution in [0.4, 0.5) is 16.2 Å². The van der Waals surface area contributed by atoms with Crippen LogP contribution in [0, 0.1) is 5.92 Å². The van der Waals surface area contributed by atoms with Crippen LogP contribution in [0.3, 0.4) is 0 Å². The maximum atomic E-state index is 13.2. The number of hydrogen-bond donors (Lipinski definition) is 1. The van der Waals surface area contributed by atoms with Crippen LogP contribution in [0.25, 0.3) is 11.1 Å². The number of amides is 2. The predicted octanol–water partition coefficient (Wildman–Crippen LogP) is 5.34. The molecule has 34 heavy (non-hydrogen) atoms. The Morgan fingerprint density at radius 3 is 2.09 bits per heavy atom. The van der Waals surface area contributed by atoms with Gasteiger partial charge in [-0.1, -0.05) is 68.4 Å². The van der Waals surface area contributed by atoms with Gasteiger partial charge in [0.2, 0.25) is 0 Å². The molecule has 6 nitrogen and oxygen atoms in total. The van der Waals surface area contributed by atoms with Crippen molar-refractivity contribution in [3.63, 3.8) is 0 Å². The Kier molecular flexibility index (Phi) is 7.28. The molecule has 5 rings (SSSR count).